The topological polar surface area (TPSA) is 69.4 Å². The first kappa shape index (κ1) is 10.7. The van der Waals surface area contributed by atoms with E-state index in [1.54, 1.807) is 18.2 Å². The molecule has 0 radical (unpaired) electrons. The van der Waals surface area contributed by atoms with Crippen LogP contribution in [-0.4, -0.2) is 18.9 Å². The van der Waals surface area contributed by atoms with E-state index >= 15 is 0 Å². The molecular weight excluding hydrogens is 206 g/mol. The lowest BCUT2D eigenvalue weighted by Crippen LogP contribution is -2.15. The fourth-order valence-corrected chi connectivity index (χ4v) is 2.05. The lowest BCUT2D eigenvalue weighted by molar-refractivity contribution is -0.141. The van der Waals surface area contributed by atoms with E-state index < -0.39 is 0 Å². The number of benzene rings is 1. The van der Waals surface area contributed by atoms with E-state index in [1.807, 2.05) is 0 Å². The van der Waals surface area contributed by atoms with Crippen molar-refractivity contribution in [2.24, 2.45) is 5.92 Å². The van der Waals surface area contributed by atoms with Gasteiger partial charge in [-0.2, -0.15) is 0 Å². The maximum absolute atomic E-state index is 11.9. The highest BCUT2D eigenvalue weighted by Gasteiger charge is 2.32. The molecule has 0 saturated carbocycles. The van der Waals surface area contributed by atoms with Gasteiger partial charge in [-0.05, 0) is 30.2 Å². The summed E-state index contributed by atoms with van der Waals surface area (Å²) in [6, 6.07) is 5.23. The maximum atomic E-state index is 11.9. The van der Waals surface area contributed by atoms with Crippen LogP contribution in [0.3, 0.4) is 0 Å². The van der Waals surface area contributed by atoms with Gasteiger partial charge in [0.05, 0.1) is 13.5 Å². The number of Topliss-reactive ketones (excluding diaryl/α,β-unsaturated/α-hetero) is 1. The first-order valence-corrected chi connectivity index (χ1v) is 5.11. The highest BCUT2D eigenvalue weighted by Crippen LogP contribution is 2.30. The summed E-state index contributed by atoms with van der Waals surface area (Å²) in [6.45, 7) is 0. The summed E-state index contributed by atoms with van der Waals surface area (Å²) in [5, 5.41) is 0. The highest BCUT2D eigenvalue weighted by atomic mass is 16.5. The maximum Gasteiger partial charge on any atom is 0.306 e. The third kappa shape index (κ3) is 1.78. The van der Waals surface area contributed by atoms with Gasteiger partial charge in [0, 0.05) is 17.2 Å². The minimum atomic E-state index is -0.348. The number of nitrogens with two attached hydrogens (primary N) is 1. The number of fused-ring (bicyclic) bond motifs is 1. The van der Waals surface area contributed by atoms with Crippen LogP contribution in [0, 0.1) is 5.92 Å². The van der Waals surface area contributed by atoms with Crippen molar-refractivity contribution in [3.05, 3.63) is 29.3 Å². The molecule has 2 N–H and O–H groups in total. The van der Waals surface area contributed by atoms with Crippen molar-refractivity contribution in [3.63, 3.8) is 0 Å². The molecule has 0 spiro atoms. The zero-order chi connectivity index (χ0) is 11.7. The van der Waals surface area contributed by atoms with Crippen LogP contribution in [-0.2, 0) is 16.0 Å². The second kappa shape index (κ2) is 3.96. The van der Waals surface area contributed by atoms with Crippen molar-refractivity contribution in [1.82, 2.24) is 0 Å². The van der Waals surface area contributed by atoms with Gasteiger partial charge in [-0.15, -0.1) is 0 Å². The van der Waals surface area contributed by atoms with Crippen molar-refractivity contribution < 1.29 is 14.3 Å². The number of anilines is 1. The lowest BCUT2D eigenvalue weighted by atomic mass is 10.0. The van der Waals surface area contributed by atoms with Gasteiger partial charge in [-0.25, -0.2) is 0 Å². The summed E-state index contributed by atoms with van der Waals surface area (Å²) in [5.41, 5.74) is 7.90. The van der Waals surface area contributed by atoms with E-state index in [1.165, 1.54) is 7.11 Å². The molecular formula is C12H13NO3. The Balaban J connectivity index is 2.20. The molecule has 0 aromatic heterocycles. The fraction of sp³-hybridized carbons (Fsp3) is 0.333. The van der Waals surface area contributed by atoms with Crippen LogP contribution in [0.25, 0.3) is 0 Å². The minimum absolute atomic E-state index is 0.0143. The van der Waals surface area contributed by atoms with Crippen molar-refractivity contribution in [3.8, 4) is 0 Å². The molecule has 1 aromatic rings. The van der Waals surface area contributed by atoms with Crippen molar-refractivity contribution >= 4 is 17.4 Å². The Morgan fingerprint density at radius 2 is 2.31 bits per heavy atom. The van der Waals surface area contributed by atoms with Gasteiger partial charge < -0.3 is 10.5 Å². The Bertz CT molecular complexity index is 454. The summed E-state index contributed by atoms with van der Waals surface area (Å²) in [6.07, 6.45) is 0.720. The summed E-state index contributed by atoms with van der Waals surface area (Å²) in [4.78, 5) is 23.0. The van der Waals surface area contributed by atoms with Crippen LogP contribution in [0.4, 0.5) is 5.69 Å². The number of ketones is 1. The van der Waals surface area contributed by atoms with Gasteiger partial charge in [0.15, 0.2) is 5.78 Å². The van der Waals surface area contributed by atoms with Crippen LogP contribution in [0.5, 0.6) is 0 Å². The standard InChI is InChI=1S/C12H13NO3/c1-16-11(14)6-8-4-7-5-9(13)2-3-10(7)12(8)15/h2-3,5,8H,4,6,13H2,1H3. The fourth-order valence-electron chi connectivity index (χ4n) is 2.05. The van der Waals surface area contributed by atoms with Crippen molar-refractivity contribution in [2.75, 3.05) is 12.8 Å². The molecule has 2 rings (SSSR count). The average Bonchev–Trinajstić information content (AvgIpc) is 2.55. The average molecular weight is 219 g/mol. The molecule has 4 heteroatoms. The quantitative estimate of drug-likeness (QED) is 0.599. The number of esters is 1. The Morgan fingerprint density at radius 3 is 3.00 bits per heavy atom. The summed E-state index contributed by atoms with van der Waals surface area (Å²) in [7, 11) is 1.33. The predicted molar refractivity (Wildman–Crippen MR) is 59.0 cm³/mol. The van der Waals surface area contributed by atoms with Crippen molar-refractivity contribution in [2.45, 2.75) is 12.8 Å². The molecule has 16 heavy (non-hydrogen) atoms. The van der Waals surface area contributed by atoms with Crippen LogP contribution >= 0.6 is 0 Å². The SMILES string of the molecule is COC(=O)CC1Cc2cc(N)ccc2C1=O. The number of methoxy groups -OCH3 is 1. The number of hydrogen-bond acceptors (Lipinski definition) is 4. The number of hydrogen-bond donors (Lipinski definition) is 1. The Kier molecular flexibility index (Phi) is 2.64. The largest absolute Gasteiger partial charge is 0.469 e. The molecule has 1 aliphatic carbocycles. The van der Waals surface area contributed by atoms with Crippen LogP contribution in [0.2, 0.25) is 0 Å². The Morgan fingerprint density at radius 1 is 1.56 bits per heavy atom. The third-order valence-electron chi connectivity index (χ3n) is 2.87. The third-order valence-corrected chi connectivity index (χ3v) is 2.87. The second-order valence-corrected chi connectivity index (χ2v) is 3.96. The van der Waals surface area contributed by atoms with Gasteiger partial charge in [-0.3, -0.25) is 9.59 Å². The number of carbonyl (C=O) groups excluding carboxylic acids is 2. The molecule has 1 aromatic carbocycles. The van der Waals surface area contributed by atoms with Crippen LogP contribution in [0.1, 0.15) is 22.3 Å². The molecule has 0 saturated heterocycles. The van der Waals surface area contributed by atoms with Gasteiger partial charge >= 0.3 is 5.97 Å². The number of ether oxygens (including phenoxy) is 1. The van der Waals surface area contributed by atoms with E-state index in [0.717, 1.165) is 5.56 Å². The minimum Gasteiger partial charge on any atom is -0.469 e. The van der Waals surface area contributed by atoms with Crippen LogP contribution < -0.4 is 5.73 Å². The highest BCUT2D eigenvalue weighted by molar-refractivity contribution is 6.03. The molecule has 0 heterocycles. The van der Waals surface area contributed by atoms with Gasteiger partial charge in [0.2, 0.25) is 0 Å². The molecule has 1 unspecified atom stereocenters. The first-order chi connectivity index (χ1) is 7.61. The number of nitrogen functional groups attached to an aromatic ring is 1. The molecule has 1 aliphatic rings. The van der Waals surface area contributed by atoms with E-state index in [9.17, 15) is 9.59 Å². The summed E-state index contributed by atoms with van der Waals surface area (Å²) in [5.74, 6) is -0.622. The Labute approximate surface area is 93.4 Å². The summed E-state index contributed by atoms with van der Waals surface area (Å²) >= 11 is 0. The lowest BCUT2D eigenvalue weighted by Gasteiger charge is -2.04. The molecule has 4 nitrogen and oxygen atoms in total. The van der Waals surface area contributed by atoms with E-state index in [-0.39, 0.29) is 24.1 Å². The first-order valence-electron chi connectivity index (χ1n) is 5.11. The molecule has 0 aliphatic heterocycles. The zero-order valence-corrected chi connectivity index (χ0v) is 9.03. The monoisotopic (exact) mass is 219 g/mol. The molecule has 1 atom stereocenters. The molecule has 84 valence electrons. The number of rotatable bonds is 2. The number of carbonyl (C=O) groups is 2. The Hall–Kier alpha value is -1.84. The van der Waals surface area contributed by atoms with Gasteiger partial charge in [0.25, 0.3) is 0 Å². The van der Waals surface area contributed by atoms with Gasteiger partial charge in [-0.1, -0.05) is 0 Å². The molecule has 0 bridgehead atoms. The van der Waals surface area contributed by atoms with Gasteiger partial charge in [0.1, 0.15) is 0 Å². The van der Waals surface area contributed by atoms with Crippen molar-refractivity contribution in [1.29, 1.82) is 0 Å². The second-order valence-electron chi connectivity index (χ2n) is 3.96. The molecule has 0 fully saturated rings. The predicted octanol–water partition coefficient (Wildman–Crippen LogP) is 1.19. The smallest absolute Gasteiger partial charge is 0.306 e. The zero-order valence-electron chi connectivity index (χ0n) is 9.03. The van der Waals surface area contributed by atoms with E-state index in [4.69, 9.17) is 5.73 Å². The summed E-state index contributed by atoms with van der Waals surface area (Å²) < 4.78 is 4.57. The molecule has 0 amide bonds. The van der Waals surface area contributed by atoms with Crippen LogP contribution in [0.15, 0.2) is 18.2 Å². The van der Waals surface area contributed by atoms with E-state index in [0.29, 0.717) is 17.7 Å². The van der Waals surface area contributed by atoms with E-state index in [2.05, 4.69) is 4.74 Å². The normalized spacial score (nSPS) is 18.3.